The van der Waals surface area contributed by atoms with Gasteiger partial charge in [0.1, 0.15) is 5.40 Å². The van der Waals surface area contributed by atoms with Gasteiger partial charge in [-0.2, -0.15) is 5.26 Å². The molecule has 1 saturated carbocycles. The number of nitrogens with zero attached hydrogens (tertiary/aromatic N) is 3. The number of hydrogen-bond donors (Lipinski definition) is 1. The van der Waals surface area contributed by atoms with Gasteiger partial charge in [-0.3, -0.25) is 4.79 Å². The second-order valence-electron chi connectivity index (χ2n) is 5.43. The van der Waals surface area contributed by atoms with Crippen LogP contribution < -0.4 is 14.8 Å². The van der Waals surface area contributed by atoms with Crippen LogP contribution in [0, 0.1) is 10.7 Å². The van der Waals surface area contributed by atoms with E-state index < -0.39 is 0 Å². The molecule has 1 aromatic heterocycles. The monoisotopic (exact) mass is 356 g/mol. The van der Waals surface area contributed by atoms with Gasteiger partial charge in [0, 0.05) is 29.6 Å². The maximum Gasteiger partial charge on any atom is 0.255 e. The van der Waals surface area contributed by atoms with E-state index in [9.17, 15) is 4.79 Å². The third-order valence-electron chi connectivity index (χ3n) is 3.72. The number of carbonyl (C=O) groups excluding carboxylic acids is 1. The predicted molar refractivity (Wildman–Crippen MR) is 92.5 cm³/mol. The lowest BCUT2D eigenvalue weighted by Crippen LogP contribution is -2.26. The molecule has 0 aliphatic heterocycles. The number of amides is 1. The molecule has 0 spiro atoms. The fourth-order valence-corrected chi connectivity index (χ4v) is 2.64. The molecule has 1 aliphatic carbocycles. The Balaban J connectivity index is 2.06. The number of aromatic nitrogens is 2. The predicted octanol–water partition coefficient (Wildman–Crippen LogP) is 2.63. The summed E-state index contributed by atoms with van der Waals surface area (Å²) in [4.78, 5) is 21.0. The van der Waals surface area contributed by atoms with Gasteiger partial charge in [-0.25, -0.2) is 9.97 Å². The summed E-state index contributed by atoms with van der Waals surface area (Å²) in [5.74, 6) is 0.887. The highest BCUT2D eigenvalue weighted by molar-refractivity contribution is 8.03. The molecular formula is C17H16N4O3S. The number of carbonyl (C=O) groups is 1. The highest BCUT2D eigenvalue weighted by Crippen LogP contribution is 2.33. The molecule has 0 radical (unpaired) electrons. The van der Waals surface area contributed by atoms with Crippen LogP contribution in [0.15, 0.2) is 29.6 Å². The van der Waals surface area contributed by atoms with Crippen LogP contribution in [0.1, 0.15) is 23.2 Å². The average Bonchev–Trinajstić information content (AvgIpc) is 3.45. The zero-order valence-corrected chi connectivity index (χ0v) is 14.6. The molecule has 128 valence electrons. The topological polar surface area (TPSA) is 97.1 Å². The maximum absolute atomic E-state index is 12.5. The quantitative estimate of drug-likeness (QED) is 0.483. The lowest BCUT2D eigenvalue weighted by atomic mass is 10.1. The van der Waals surface area contributed by atoms with E-state index in [-0.39, 0.29) is 17.1 Å². The van der Waals surface area contributed by atoms with E-state index in [0.717, 1.165) is 24.6 Å². The van der Waals surface area contributed by atoms with Gasteiger partial charge in [-0.05, 0) is 31.0 Å². The molecule has 1 amide bonds. The van der Waals surface area contributed by atoms with Gasteiger partial charge in [0.2, 0.25) is 5.16 Å². The number of hydrogen-bond acceptors (Lipinski definition) is 7. The second-order valence-corrected chi connectivity index (χ2v) is 6.18. The molecule has 7 nitrogen and oxygen atoms in total. The Morgan fingerprint density at radius 3 is 2.72 bits per heavy atom. The number of thioether (sulfide) groups is 1. The van der Waals surface area contributed by atoms with Gasteiger partial charge in [0.05, 0.1) is 25.5 Å². The number of nitriles is 1. The number of methoxy groups -OCH3 is 2. The van der Waals surface area contributed by atoms with Gasteiger partial charge in [0.15, 0.2) is 11.5 Å². The molecule has 2 aromatic rings. The Bertz CT molecular complexity index is 846. The molecule has 1 aromatic carbocycles. The molecule has 0 saturated heterocycles. The molecule has 8 heteroatoms. The largest absolute Gasteiger partial charge is 0.493 e. The minimum absolute atomic E-state index is 0.221. The number of ether oxygens (including phenoxy) is 2. The zero-order valence-electron chi connectivity index (χ0n) is 13.8. The zero-order chi connectivity index (χ0) is 17.8. The molecular weight excluding hydrogens is 340 g/mol. The SMILES string of the molecule is COc1ccc(-c2nc(SC#N)ncc2C(=O)NC2CC2)cc1OC. The fraction of sp³-hybridized carbons (Fsp3) is 0.294. The smallest absolute Gasteiger partial charge is 0.255 e. The minimum Gasteiger partial charge on any atom is -0.493 e. The lowest BCUT2D eigenvalue weighted by molar-refractivity contribution is 0.0951. The Labute approximate surface area is 149 Å². The highest BCUT2D eigenvalue weighted by Gasteiger charge is 2.26. The van der Waals surface area contributed by atoms with E-state index >= 15 is 0 Å². The van der Waals surface area contributed by atoms with Gasteiger partial charge in [-0.15, -0.1) is 0 Å². The van der Waals surface area contributed by atoms with Crippen LogP contribution >= 0.6 is 11.8 Å². The summed E-state index contributed by atoms with van der Waals surface area (Å²) >= 11 is 0.844. The van der Waals surface area contributed by atoms with Gasteiger partial charge < -0.3 is 14.8 Å². The normalized spacial score (nSPS) is 13.0. The standard InChI is InChI=1S/C17H16N4O3S/c1-23-13-6-3-10(7-14(13)24-2)15-12(16(22)20-11-4-5-11)8-19-17(21-15)25-9-18/h3,6-8,11H,4-5H2,1-2H3,(H,20,22). The molecule has 0 atom stereocenters. The van der Waals surface area contributed by atoms with Crippen molar-refractivity contribution in [3.05, 3.63) is 30.0 Å². The molecule has 1 fully saturated rings. The van der Waals surface area contributed by atoms with Crippen molar-refractivity contribution >= 4 is 17.7 Å². The molecule has 1 heterocycles. The van der Waals surface area contributed by atoms with Gasteiger partial charge in [-0.1, -0.05) is 0 Å². The van der Waals surface area contributed by atoms with Crippen LogP contribution in [0.25, 0.3) is 11.3 Å². The molecule has 1 N–H and O–H groups in total. The third kappa shape index (κ3) is 3.83. The maximum atomic E-state index is 12.5. The first-order valence-corrected chi connectivity index (χ1v) is 8.44. The Kier molecular flexibility index (Phi) is 5.05. The van der Waals surface area contributed by atoms with E-state index in [0.29, 0.717) is 28.3 Å². The van der Waals surface area contributed by atoms with Crippen molar-refractivity contribution in [2.24, 2.45) is 0 Å². The third-order valence-corrected chi connectivity index (χ3v) is 4.19. The first-order chi connectivity index (χ1) is 12.2. The first-order valence-electron chi connectivity index (χ1n) is 7.62. The molecule has 3 rings (SSSR count). The summed E-state index contributed by atoms with van der Waals surface area (Å²) in [6.07, 6.45) is 3.43. The van der Waals surface area contributed by atoms with Crippen molar-refractivity contribution in [1.29, 1.82) is 5.26 Å². The van der Waals surface area contributed by atoms with E-state index in [1.165, 1.54) is 6.20 Å². The summed E-state index contributed by atoms with van der Waals surface area (Å²) in [5, 5.41) is 14.0. The van der Waals surface area contributed by atoms with E-state index in [2.05, 4.69) is 15.3 Å². The molecule has 1 aliphatic rings. The van der Waals surface area contributed by atoms with E-state index in [1.54, 1.807) is 32.4 Å². The molecule has 25 heavy (non-hydrogen) atoms. The number of thiocyanates is 1. The molecule has 0 unspecified atom stereocenters. The summed E-state index contributed by atoms with van der Waals surface area (Å²) in [6.45, 7) is 0. The minimum atomic E-state index is -0.221. The van der Waals surface area contributed by atoms with Crippen molar-refractivity contribution < 1.29 is 14.3 Å². The number of benzene rings is 1. The Hall–Kier alpha value is -2.79. The van der Waals surface area contributed by atoms with Crippen LogP contribution in [0.5, 0.6) is 11.5 Å². The lowest BCUT2D eigenvalue weighted by Gasteiger charge is -2.12. The first kappa shape index (κ1) is 17.0. The second kappa shape index (κ2) is 7.40. The fourth-order valence-electron chi connectivity index (χ4n) is 2.32. The van der Waals surface area contributed by atoms with Crippen molar-refractivity contribution in [3.63, 3.8) is 0 Å². The summed E-state index contributed by atoms with van der Waals surface area (Å²) in [5.41, 5.74) is 1.49. The van der Waals surface area contributed by atoms with Crippen molar-refractivity contribution in [2.75, 3.05) is 14.2 Å². The van der Waals surface area contributed by atoms with E-state index in [4.69, 9.17) is 14.7 Å². The average molecular weight is 356 g/mol. The van der Waals surface area contributed by atoms with Crippen LogP contribution in [-0.4, -0.2) is 36.1 Å². The number of nitrogens with one attached hydrogen (secondary N) is 1. The van der Waals surface area contributed by atoms with Crippen LogP contribution in [0.2, 0.25) is 0 Å². The number of rotatable bonds is 6. The van der Waals surface area contributed by atoms with E-state index in [1.807, 2.05) is 5.40 Å². The van der Waals surface area contributed by atoms with Crippen molar-refractivity contribution in [3.8, 4) is 28.2 Å². The van der Waals surface area contributed by atoms with Crippen molar-refractivity contribution in [1.82, 2.24) is 15.3 Å². The summed E-state index contributed by atoms with van der Waals surface area (Å²) in [6, 6.07) is 5.50. The van der Waals surface area contributed by atoms with Crippen LogP contribution in [0.4, 0.5) is 0 Å². The Morgan fingerprint density at radius 1 is 1.32 bits per heavy atom. The van der Waals surface area contributed by atoms with Gasteiger partial charge >= 0.3 is 0 Å². The summed E-state index contributed by atoms with van der Waals surface area (Å²) < 4.78 is 10.6. The summed E-state index contributed by atoms with van der Waals surface area (Å²) in [7, 11) is 3.09. The van der Waals surface area contributed by atoms with Gasteiger partial charge in [0.25, 0.3) is 5.91 Å². The van der Waals surface area contributed by atoms with Crippen LogP contribution in [-0.2, 0) is 0 Å². The highest BCUT2D eigenvalue weighted by atomic mass is 32.2. The molecule has 0 bridgehead atoms. The Morgan fingerprint density at radius 2 is 2.08 bits per heavy atom. The van der Waals surface area contributed by atoms with Crippen molar-refractivity contribution in [2.45, 2.75) is 24.0 Å². The van der Waals surface area contributed by atoms with Crippen LogP contribution in [0.3, 0.4) is 0 Å².